The summed E-state index contributed by atoms with van der Waals surface area (Å²) in [6.45, 7) is 5.50. The minimum atomic E-state index is -3.63. The summed E-state index contributed by atoms with van der Waals surface area (Å²) in [6, 6.07) is 10.2. The third kappa shape index (κ3) is 7.43. The molecule has 0 spiro atoms. The minimum absolute atomic E-state index is 0.0240. The number of likely N-dealkylation sites (N-methyl/N-ethyl adjacent to an activating group) is 1. The molecule has 0 saturated carbocycles. The van der Waals surface area contributed by atoms with E-state index in [1.807, 2.05) is 0 Å². The molecule has 0 saturated heterocycles. The Bertz CT molecular complexity index is 1130. The zero-order valence-electron chi connectivity index (χ0n) is 19.8. The van der Waals surface area contributed by atoms with Crippen molar-refractivity contribution in [1.82, 2.24) is 10.2 Å². The van der Waals surface area contributed by atoms with Crippen LogP contribution in [-0.4, -0.2) is 50.5 Å². The van der Waals surface area contributed by atoms with E-state index in [2.05, 4.69) is 5.32 Å². The number of benzene rings is 2. The number of sulfonamides is 1. The van der Waals surface area contributed by atoms with Gasteiger partial charge < -0.3 is 10.2 Å². The summed E-state index contributed by atoms with van der Waals surface area (Å²) < 4.78 is 40.4. The van der Waals surface area contributed by atoms with Crippen molar-refractivity contribution < 1.29 is 22.4 Å². The zero-order valence-corrected chi connectivity index (χ0v) is 21.4. The Morgan fingerprint density at radius 3 is 2.47 bits per heavy atom. The highest BCUT2D eigenvalue weighted by Crippen LogP contribution is 2.27. The Hall–Kier alpha value is -2.65. The molecule has 0 fully saturated rings. The summed E-state index contributed by atoms with van der Waals surface area (Å²) in [6.07, 6.45) is 1.27. The van der Waals surface area contributed by atoms with Crippen LogP contribution in [0.1, 0.15) is 37.8 Å². The predicted octanol–water partition coefficient (Wildman–Crippen LogP) is 3.89. The molecule has 0 heterocycles. The maximum Gasteiger partial charge on any atom is 0.242 e. The molecule has 0 aromatic heterocycles. The van der Waals surface area contributed by atoms with Gasteiger partial charge in [-0.25, -0.2) is 12.8 Å². The maximum atomic E-state index is 14.3. The molecule has 34 heavy (non-hydrogen) atoms. The fraction of sp³-hybridized carbons (Fsp3) is 0.417. The van der Waals surface area contributed by atoms with Crippen molar-refractivity contribution in [2.45, 2.75) is 46.2 Å². The topological polar surface area (TPSA) is 86.8 Å². The number of rotatable bonds is 11. The van der Waals surface area contributed by atoms with Gasteiger partial charge in [-0.2, -0.15) is 0 Å². The standard InChI is InChI=1S/C24H31ClFN3O4S/c1-5-27-24(31)18(3)28(16-19-9-6-7-10-21(19)26)23(30)11-8-14-29(34(4,32)33)22-15-20(25)13-12-17(22)2/h6-7,9-10,12-13,15,18H,5,8,11,14,16H2,1-4H3,(H,27,31)/t18-/m0/s1. The number of aryl methyl sites for hydroxylation is 1. The molecule has 0 aliphatic heterocycles. The van der Waals surface area contributed by atoms with Crippen LogP contribution in [0, 0.1) is 12.7 Å². The third-order valence-corrected chi connectivity index (χ3v) is 6.82. The van der Waals surface area contributed by atoms with E-state index >= 15 is 0 Å². The largest absolute Gasteiger partial charge is 0.355 e. The maximum absolute atomic E-state index is 14.3. The van der Waals surface area contributed by atoms with E-state index in [1.54, 1.807) is 57.2 Å². The molecule has 186 valence electrons. The smallest absolute Gasteiger partial charge is 0.242 e. The van der Waals surface area contributed by atoms with Crippen LogP contribution in [0.15, 0.2) is 42.5 Å². The molecule has 2 aromatic carbocycles. The van der Waals surface area contributed by atoms with E-state index in [9.17, 15) is 22.4 Å². The van der Waals surface area contributed by atoms with E-state index in [0.29, 0.717) is 22.8 Å². The molecule has 0 unspecified atom stereocenters. The number of carbonyl (C=O) groups excluding carboxylic acids is 2. The Balaban J connectivity index is 2.20. The fourth-order valence-corrected chi connectivity index (χ4v) is 4.73. The molecule has 2 amide bonds. The molecule has 2 rings (SSSR count). The van der Waals surface area contributed by atoms with Gasteiger partial charge in [0.15, 0.2) is 0 Å². The fourth-order valence-electron chi connectivity index (χ4n) is 3.55. The van der Waals surface area contributed by atoms with Crippen molar-refractivity contribution >= 4 is 39.1 Å². The van der Waals surface area contributed by atoms with Crippen molar-refractivity contribution in [3.8, 4) is 0 Å². The van der Waals surface area contributed by atoms with Crippen molar-refractivity contribution in [2.75, 3.05) is 23.7 Å². The molecule has 0 bridgehead atoms. The zero-order chi connectivity index (χ0) is 25.5. The van der Waals surface area contributed by atoms with Crippen molar-refractivity contribution in [1.29, 1.82) is 0 Å². The number of halogens is 2. The number of nitrogens with one attached hydrogen (secondary N) is 1. The van der Waals surface area contributed by atoms with Crippen LogP contribution in [0.4, 0.5) is 10.1 Å². The summed E-state index contributed by atoms with van der Waals surface area (Å²) in [7, 11) is -3.63. The first-order valence-corrected chi connectivity index (χ1v) is 13.2. The summed E-state index contributed by atoms with van der Waals surface area (Å²) in [5.41, 5.74) is 1.47. The minimum Gasteiger partial charge on any atom is -0.355 e. The lowest BCUT2D eigenvalue weighted by Crippen LogP contribution is -2.47. The van der Waals surface area contributed by atoms with E-state index in [4.69, 9.17) is 11.6 Å². The van der Waals surface area contributed by atoms with E-state index in [1.165, 1.54) is 15.3 Å². The lowest BCUT2D eigenvalue weighted by molar-refractivity contribution is -0.140. The van der Waals surface area contributed by atoms with Crippen molar-refractivity contribution in [3.05, 3.63) is 64.4 Å². The Labute approximate surface area is 205 Å². The Morgan fingerprint density at radius 1 is 1.18 bits per heavy atom. The van der Waals surface area contributed by atoms with E-state index < -0.39 is 21.9 Å². The summed E-state index contributed by atoms with van der Waals surface area (Å²) in [5.74, 6) is -1.19. The highest BCUT2D eigenvalue weighted by Gasteiger charge is 2.27. The third-order valence-electron chi connectivity index (χ3n) is 5.41. The predicted molar refractivity (Wildman–Crippen MR) is 133 cm³/mol. The van der Waals surface area contributed by atoms with Gasteiger partial charge in [-0.1, -0.05) is 35.9 Å². The lowest BCUT2D eigenvalue weighted by atomic mass is 10.1. The highest BCUT2D eigenvalue weighted by atomic mass is 35.5. The number of amides is 2. The first-order valence-electron chi connectivity index (χ1n) is 11.0. The number of nitrogens with zero attached hydrogens (tertiary/aromatic N) is 2. The number of anilines is 1. The second-order valence-corrected chi connectivity index (χ2v) is 10.4. The van der Waals surface area contributed by atoms with Gasteiger partial charge >= 0.3 is 0 Å². The van der Waals surface area contributed by atoms with Gasteiger partial charge in [-0.05, 0) is 51.0 Å². The molecule has 0 aliphatic rings. The first kappa shape index (κ1) is 27.6. The molecule has 2 aromatic rings. The van der Waals surface area contributed by atoms with Gasteiger partial charge in [-0.3, -0.25) is 13.9 Å². The summed E-state index contributed by atoms with van der Waals surface area (Å²) in [5, 5.41) is 3.08. The van der Waals surface area contributed by atoms with Crippen molar-refractivity contribution in [2.24, 2.45) is 0 Å². The van der Waals surface area contributed by atoms with Gasteiger partial charge in [0, 0.05) is 36.6 Å². The molecule has 0 radical (unpaired) electrons. The van der Waals surface area contributed by atoms with Crippen LogP contribution in [0.3, 0.4) is 0 Å². The number of hydrogen-bond donors (Lipinski definition) is 1. The van der Waals surface area contributed by atoms with E-state index in [-0.39, 0.29) is 37.7 Å². The van der Waals surface area contributed by atoms with Crippen LogP contribution < -0.4 is 9.62 Å². The van der Waals surface area contributed by atoms with Crippen LogP contribution >= 0.6 is 11.6 Å². The second-order valence-electron chi connectivity index (χ2n) is 8.05. The van der Waals surface area contributed by atoms with Gasteiger partial charge in [0.2, 0.25) is 21.8 Å². The Kier molecular flexibility index (Phi) is 9.88. The number of carbonyl (C=O) groups is 2. The quantitative estimate of drug-likeness (QED) is 0.496. The van der Waals surface area contributed by atoms with Crippen LogP contribution in [0.2, 0.25) is 5.02 Å². The summed E-state index contributed by atoms with van der Waals surface area (Å²) >= 11 is 6.07. The van der Waals surface area contributed by atoms with Gasteiger partial charge in [-0.15, -0.1) is 0 Å². The van der Waals surface area contributed by atoms with Crippen LogP contribution in [-0.2, 0) is 26.2 Å². The summed E-state index contributed by atoms with van der Waals surface area (Å²) in [4.78, 5) is 26.9. The van der Waals surface area contributed by atoms with Gasteiger partial charge in [0.1, 0.15) is 11.9 Å². The lowest BCUT2D eigenvalue weighted by Gasteiger charge is -2.29. The molecular weight excluding hydrogens is 481 g/mol. The Morgan fingerprint density at radius 2 is 1.85 bits per heavy atom. The first-order chi connectivity index (χ1) is 16.0. The average molecular weight is 512 g/mol. The number of hydrogen-bond acceptors (Lipinski definition) is 4. The molecular formula is C24H31ClFN3O4S. The molecule has 1 atom stereocenters. The van der Waals surface area contributed by atoms with Crippen LogP contribution in [0.25, 0.3) is 0 Å². The van der Waals surface area contributed by atoms with Gasteiger partial charge in [0.25, 0.3) is 0 Å². The molecule has 10 heteroatoms. The SMILES string of the molecule is CCNC(=O)[C@H](C)N(Cc1ccccc1F)C(=O)CCCN(c1cc(Cl)ccc1C)S(C)(=O)=O. The molecule has 7 nitrogen and oxygen atoms in total. The van der Waals surface area contributed by atoms with Crippen molar-refractivity contribution in [3.63, 3.8) is 0 Å². The van der Waals surface area contributed by atoms with Crippen LogP contribution in [0.5, 0.6) is 0 Å². The molecule has 0 aliphatic carbocycles. The monoisotopic (exact) mass is 511 g/mol. The van der Waals surface area contributed by atoms with E-state index in [0.717, 1.165) is 11.8 Å². The second kappa shape index (κ2) is 12.2. The normalized spacial score (nSPS) is 12.2. The average Bonchev–Trinajstić information content (AvgIpc) is 2.76. The van der Waals surface area contributed by atoms with Gasteiger partial charge in [0.05, 0.1) is 11.9 Å². The molecule has 1 N–H and O–H groups in total. The highest BCUT2D eigenvalue weighted by molar-refractivity contribution is 7.92.